The molecule has 1 aliphatic heterocycles. The van der Waals surface area contributed by atoms with Crippen molar-refractivity contribution >= 4 is 22.4 Å². The molecule has 212 valence electrons. The molecule has 1 saturated heterocycles. The normalized spacial score (nSPS) is 14.8. The molecule has 2 aromatic heterocycles. The molecule has 0 bridgehead atoms. The Morgan fingerprint density at radius 2 is 1.82 bits per heavy atom. The van der Waals surface area contributed by atoms with E-state index in [1.165, 1.54) is 6.26 Å². The van der Waals surface area contributed by atoms with E-state index in [4.69, 9.17) is 13.9 Å². The Morgan fingerprint density at radius 1 is 1.02 bits per heavy atom. The summed E-state index contributed by atoms with van der Waals surface area (Å²) in [6.45, 7) is 7.68. The first-order valence-corrected chi connectivity index (χ1v) is 13.9. The van der Waals surface area contributed by atoms with Crippen LogP contribution in [0.1, 0.15) is 41.9 Å². The number of methoxy groups -OCH3 is 2. The van der Waals surface area contributed by atoms with Gasteiger partial charge in [0, 0.05) is 55.4 Å². The molecule has 0 radical (unpaired) electrons. The number of benzene rings is 2. The number of ether oxygens (including phenoxy) is 2. The number of carbonyl (C=O) groups is 1. The Labute approximate surface area is 234 Å². The van der Waals surface area contributed by atoms with Crippen LogP contribution in [0.4, 0.5) is 5.69 Å². The molecule has 2 N–H and O–H groups in total. The van der Waals surface area contributed by atoms with Gasteiger partial charge in [-0.1, -0.05) is 19.1 Å². The van der Waals surface area contributed by atoms with Crippen molar-refractivity contribution in [2.45, 2.75) is 25.8 Å². The Balaban J connectivity index is 1.45. The van der Waals surface area contributed by atoms with Gasteiger partial charge in [-0.2, -0.15) is 0 Å². The number of hydrogen-bond acceptors (Lipinski definition) is 7. The molecule has 9 heteroatoms. The van der Waals surface area contributed by atoms with Crippen molar-refractivity contribution in [3.05, 3.63) is 72.3 Å². The summed E-state index contributed by atoms with van der Waals surface area (Å²) in [7, 11) is 3.23. The Kier molecular flexibility index (Phi) is 8.50. The lowest BCUT2D eigenvalue weighted by Gasteiger charge is -2.35. The first-order chi connectivity index (χ1) is 19.5. The number of rotatable bonds is 11. The van der Waals surface area contributed by atoms with Gasteiger partial charge in [0.25, 0.3) is 5.91 Å². The van der Waals surface area contributed by atoms with Crippen LogP contribution in [-0.2, 0) is 0 Å². The number of aromatic hydroxyl groups is 1. The smallest absolute Gasteiger partial charge is 0.286 e. The van der Waals surface area contributed by atoms with Crippen LogP contribution in [0.5, 0.6) is 17.4 Å². The third kappa shape index (κ3) is 5.60. The number of hydrogen-bond donors (Lipinski definition) is 2. The van der Waals surface area contributed by atoms with E-state index in [0.717, 1.165) is 54.7 Å². The fourth-order valence-electron chi connectivity index (χ4n) is 5.56. The van der Waals surface area contributed by atoms with Crippen LogP contribution in [0.15, 0.2) is 65.4 Å². The first kappa shape index (κ1) is 27.5. The fraction of sp³-hybridized carbons (Fsp3) is 0.387. The van der Waals surface area contributed by atoms with Crippen LogP contribution in [0.25, 0.3) is 10.8 Å². The quantitative estimate of drug-likeness (QED) is 0.259. The predicted octanol–water partition coefficient (Wildman–Crippen LogP) is 4.90. The van der Waals surface area contributed by atoms with E-state index in [9.17, 15) is 9.90 Å². The van der Waals surface area contributed by atoms with Crippen molar-refractivity contribution in [1.82, 2.24) is 14.8 Å². The number of nitrogens with zero attached hydrogens (tertiary/aromatic N) is 3. The summed E-state index contributed by atoms with van der Waals surface area (Å²) in [5.41, 5.74) is 2.11. The highest BCUT2D eigenvalue weighted by Gasteiger charge is 2.24. The van der Waals surface area contributed by atoms with Gasteiger partial charge in [0.1, 0.15) is 0 Å². The third-order valence-corrected chi connectivity index (χ3v) is 7.81. The zero-order chi connectivity index (χ0) is 28.1. The van der Waals surface area contributed by atoms with E-state index in [2.05, 4.69) is 34.3 Å². The van der Waals surface area contributed by atoms with Crippen molar-refractivity contribution in [3.8, 4) is 17.4 Å². The lowest BCUT2D eigenvalue weighted by Crippen LogP contribution is -2.46. The van der Waals surface area contributed by atoms with Gasteiger partial charge in [-0.05, 0) is 61.3 Å². The molecular formula is C31H38N4O5. The number of piperazine rings is 1. The lowest BCUT2D eigenvalue weighted by atomic mass is 10.0. The molecule has 2 aromatic carbocycles. The second-order valence-corrected chi connectivity index (χ2v) is 10.0. The van der Waals surface area contributed by atoms with Gasteiger partial charge >= 0.3 is 0 Å². The van der Waals surface area contributed by atoms with Crippen LogP contribution < -0.4 is 19.7 Å². The fourth-order valence-corrected chi connectivity index (χ4v) is 5.56. The standard InChI is InChI=1S/C31H38N4O5/c1-4-33-15-17-34(18-16-33)26-9-5-8-23-24(26)21-35(31(23)37)25(22-12-13-27(38-2)29(20-22)39-3)10-6-14-32-30(36)28-11-7-19-40-28/h5,7-9,11-13,19-21,25,37H,4,6,10,14-18H2,1-3H3,(H,32,36)/t25-/m1/s1. The average molecular weight is 547 g/mol. The van der Waals surface area contributed by atoms with E-state index >= 15 is 0 Å². The van der Waals surface area contributed by atoms with Gasteiger partial charge in [0.15, 0.2) is 23.1 Å². The third-order valence-electron chi connectivity index (χ3n) is 7.81. The van der Waals surface area contributed by atoms with Crippen LogP contribution >= 0.6 is 0 Å². The number of anilines is 1. The van der Waals surface area contributed by atoms with Crippen molar-refractivity contribution in [2.75, 3.05) is 58.4 Å². The van der Waals surface area contributed by atoms with Crippen LogP contribution in [-0.4, -0.2) is 74.0 Å². The van der Waals surface area contributed by atoms with Crippen molar-refractivity contribution in [1.29, 1.82) is 0 Å². The maximum atomic E-state index is 12.4. The zero-order valence-electron chi connectivity index (χ0n) is 23.4. The molecule has 1 aliphatic rings. The second-order valence-electron chi connectivity index (χ2n) is 10.0. The number of furan rings is 1. The van der Waals surface area contributed by atoms with Gasteiger partial charge in [0.05, 0.1) is 26.5 Å². The van der Waals surface area contributed by atoms with E-state index in [1.807, 2.05) is 34.9 Å². The van der Waals surface area contributed by atoms with Gasteiger partial charge in [-0.25, -0.2) is 0 Å². The first-order valence-electron chi connectivity index (χ1n) is 13.9. The highest BCUT2D eigenvalue weighted by molar-refractivity contribution is 5.98. The predicted molar refractivity (Wildman–Crippen MR) is 156 cm³/mol. The summed E-state index contributed by atoms with van der Waals surface area (Å²) >= 11 is 0. The van der Waals surface area contributed by atoms with Gasteiger partial charge < -0.3 is 38.7 Å². The molecule has 1 atom stereocenters. The topological polar surface area (TPSA) is 92.3 Å². The summed E-state index contributed by atoms with van der Waals surface area (Å²) in [6, 6.07) is 15.1. The van der Waals surface area contributed by atoms with E-state index in [-0.39, 0.29) is 23.6 Å². The summed E-state index contributed by atoms with van der Waals surface area (Å²) in [6.07, 6.45) is 4.91. The molecule has 4 aromatic rings. The Hall–Kier alpha value is -4.11. The Bertz CT molecular complexity index is 1420. The SMILES string of the molecule is CCN1CCN(c2cccc3c(O)n([C@H](CCCNC(=O)c4ccco4)c4ccc(OC)c(OC)c4)cc23)CC1. The number of fused-ring (bicyclic) bond motifs is 1. The molecule has 1 fully saturated rings. The monoisotopic (exact) mass is 546 g/mol. The summed E-state index contributed by atoms with van der Waals surface area (Å²) in [5.74, 6) is 1.55. The highest BCUT2D eigenvalue weighted by Crippen LogP contribution is 2.40. The number of amides is 1. The van der Waals surface area contributed by atoms with E-state index in [1.54, 1.807) is 26.4 Å². The number of aromatic nitrogens is 1. The molecular weight excluding hydrogens is 508 g/mol. The number of carbonyl (C=O) groups excluding carboxylic acids is 1. The van der Waals surface area contributed by atoms with Gasteiger partial charge in [-0.3, -0.25) is 4.79 Å². The molecule has 5 rings (SSSR count). The zero-order valence-corrected chi connectivity index (χ0v) is 23.4. The molecule has 40 heavy (non-hydrogen) atoms. The minimum atomic E-state index is -0.241. The van der Waals surface area contributed by atoms with Crippen molar-refractivity contribution in [2.24, 2.45) is 0 Å². The molecule has 9 nitrogen and oxygen atoms in total. The summed E-state index contributed by atoms with van der Waals surface area (Å²) in [5, 5.41) is 16.3. The van der Waals surface area contributed by atoms with E-state index < -0.39 is 0 Å². The largest absolute Gasteiger partial charge is 0.494 e. The van der Waals surface area contributed by atoms with Crippen molar-refractivity contribution < 1.29 is 23.8 Å². The molecule has 0 unspecified atom stereocenters. The maximum absolute atomic E-state index is 12.4. The molecule has 0 aliphatic carbocycles. The molecule has 0 saturated carbocycles. The average Bonchev–Trinajstić information content (AvgIpc) is 3.66. The lowest BCUT2D eigenvalue weighted by molar-refractivity contribution is 0.0925. The highest BCUT2D eigenvalue weighted by atomic mass is 16.5. The Morgan fingerprint density at radius 3 is 2.52 bits per heavy atom. The number of likely N-dealkylation sites (N-methyl/N-ethyl adjacent to an activating group) is 1. The van der Waals surface area contributed by atoms with Crippen LogP contribution in [0.3, 0.4) is 0 Å². The minimum Gasteiger partial charge on any atom is -0.494 e. The molecule has 3 heterocycles. The second kappa shape index (κ2) is 12.4. The van der Waals surface area contributed by atoms with Crippen LogP contribution in [0, 0.1) is 0 Å². The maximum Gasteiger partial charge on any atom is 0.286 e. The summed E-state index contributed by atoms with van der Waals surface area (Å²) in [4.78, 5) is 17.2. The van der Waals surface area contributed by atoms with Gasteiger partial charge in [0.2, 0.25) is 0 Å². The number of nitrogens with one attached hydrogen (secondary N) is 1. The minimum absolute atomic E-state index is 0.197. The molecule has 0 spiro atoms. The van der Waals surface area contributed by atoms with Crippen LogP contribution in [0.2, 0.25) is 0 Å². The van der Waals surface area contributed by atoms with Gasteiger partial charge in [-0.15, -0.1) is 0 Å². The molecule has 1 amide bonds. The van der Waals surface area contributed by atoms with E-state index in [0.29, 0.717) is 30.9 Å². The summed E-state index contributed by atoms with van der Waals surface area (Å²) < 4.78 is 18.2. The van der Waals surface area contributed by atoms with Crippen molar-refractivity contribution in [3.63, 3.8) is 0 Å².